The van der Waals surface area contributed by atoms with Gasteiger partial charge in [-0.15, -0.1) is 0 Å². The molecule has 2 aromatic heterocycles. The van der Waals surface area contributed by atoms with Gasteiger partial charge in [0.15, 0.2) is 16.3 Å². The van der Waals surface area contributed by atoms with Crippen LogP contribution in [0.4, 0.5) is 5.82 Å². The molecule has 2 aromatic rings. The molecule has 0 saturated heterocycles. The summed E-state index contributed by atoms with van der Waals surface area (Å²) < 4.78 is 7.20. The van der Waals surface area contributed by atoms with Crippen LogP contribution in [-0.2, 0) is 0 Å². The number of nitrogens with zero attached hydrogens (tertiary/aromatic N) is 2. The quantitative estimate of drug-likeness (QED) is 0.732. The Kier molecular flexibility index (Phi) is 4.64. The van der Waals surface area contributed by atoms with E-state index in [9.17, 15) is 0 Å². The number of rotatable bonds is 4. The van der Waals surface area contributed by atoms with Crippen LogP contribution < -0.4 is 5.32 Å². The van der Waals surface area contributed by atoms with Gasteiger partial charge in [-0.2, -0.15) is 0 Å². The Morgan fingerprint density at radius 1 is 1.24 bits per heavy atom. The fourth-order valence-corrected chi connectivity index (χ4v) is 3.31. The van der Waals surface area contributed by atoms with Gasteiger partial charge in [0.05, 0.1) is 4.47 Å². The lowest BCUT2D eigenvalue weighted by Gasteiger charge is -2.12. The van der Waals surface area contributed by atoms with Crippen molar-refractivity contribution in [1.82, 2.24) is 9.97 Å². The van der Waals surface area contributed by atoms with Gasteiger partial charge in [-0.1, -0.05) is 12.8 Å². The van der Waals surface area contributed by atoms with E-state index >= 15 is 0 Å². The van der Waals surface area contributed by atoms with Crippen molar-refractivity contribution in [3.63, 3.8) is 0 Å². The van der Waals surface area contributed by atoms with Crippen molar-refractivity contribution in [2.45, 2.75) is 38.5 Å². The lowest BCUT2D eigenvalue weighted by molar-refractivity contribution is 0.548. The van der Waals surface area contributed by atoms with Gasteiger partial charge in [-0.3, -0.25) is 0 Å². The summed E-state index contributed by atoms with van der Waals surface area (Å²) in [6.45, 7) is 2.91. The van der Waals surface area contributed by atoms with E-state index in [2.05, 4.69) is 55.2 Å². The SMILES string of the molecule is CCNc1cc(C2CCCC2)nc(-c2cc(Br)c(Br)o2)n1. The van der Waals surface area contributed by atoms with E-state index in [0.717, 1.165) is 22.5 Å². The van der Waals surface area contributed by atoms with E-state index < -0.39 is 0 Å². The molecule has 112 valence electrons. The number of hydrogen-bond acceptors (Lipinski definition) is 4. The van der Waals surface area contributed by atoms with Crippen molar-refractivity contribution in [3.8, 4) is 11.6 Å². The van der Waals surface area contributed by atoms with Crippen molar-refractivity contribution in [3.05, 3.63) is 27.0 Å². The van der Waals surface area contributed by atoms with Crippen LogP contribution in [-0.4, -0.2) is 16.5 Å². The Morgan fingerprint density at radius 2 is 2.00 bits per heavy atom. The third kappa shape index (κ3) is 3.31. The highest BCUT2D eigenvalue weighted by Crippen LogP contribution is 2.36. The number of furan rings is 1. The standard InChI is InChI=1S/C15H17Br2N3O/c1-2-18-13-8-11(9-5-3-4-6-9)19-15(20-13)12-7-10(16)14(17)21-12/h7-9H,2-6H2,1H3,(H,18,19,20). The Labute approximate surface area is 141 Å². The Bertz CT molecular complexity index is 616. The van der Waals surface area contributed by atoms with Crippen LogP contribution in [0.5, 0.6) is 0 Å². The topological polar surface area (TPSA) is 51.0 Å². The predicted octanol–water partition coefficient (Wildman–Crippen LogP) is 5.35. The molecule has 1 fully saturated rings. The van der Waals surface area contributed by atoms with E-state index in [1.54, 1.807) is 0 Å². The molecule has 1 N–H and O–H groups in total. The molecule has 4 nitrogen and oxygen atoms in total. The fourth-order valence-electron chi connectivity index (χ4n) is 2.74. The van der Waals surface area contributed by atoms with Gasteiger partial charge < -0.3 is 9.73 Å². The lowest BCUT2D eigenvalue weighted by atomic mass is 10.0. The largest absolute Gasteiger partial charge is 0.445 e. The third-order valence-electron chi connectivity index (χ3n) is 3.74. The van der Waals surface area contributed by atoms with E-state index in [-0.39, 0.29) is 0 Å². The van der Waals surface area contributed by atoms with Crippen LogP contribution in [0, 0.1) is 0 Å². The molecule has 0 spiro atoms. The second-order valence-corrected chi connectivity index (χ2v) is 6.82. The molecule has 0 radical (unpaired) electrons. The molecule has 1 saturated carbocycles. The first kappa shape index (κ1) is 15.0. The summed E-state index contributed by atoms with van der Waals surface area (Å²) in [6.07, 6.45) is 5.01. The van der Waals surface area contributed by atoms with Gasteiger partial charge in [0.1, 0.15) is 5.82 Å². The number of hydrogen-bond donors (Lipinski definition) is 1. The molecule has 21 heavy (non-hydrogen) atoms. The minimum absolute atomic E-state index is 0.547. The Hall–Kier alpha value is -0.880. The second-order valence-electron chi connectivity index (χ2n) is 5.25. The summed E-state index contributed by atoms with van der Waals surface area (Å²) in [5, 5.41) is 3.29. The third-order valence-corrected chi connectivity index (χ3v) is 5.45. The lowest BCUT2D eigenvalue weighted by Crippen LogP contribution is -2.05. The summed E-state index contributed by atoms with van der Waals surface area (Å²) in [5.74, 6) is 2.73. The zero-order chi connectivity index (χ0) is 14.8. The summed E-state index contributed by atoms with van der Waals surface area (Å²) >= 11 is 6.80. The minimum Gasteiger partial charge on any atom is -0.445 e. The molecule has 0 amide bonds. The zero-order valence-electron chi connectivity index (χ0n) is 11.8. The molecule has 0 aromatic carbocycles. The first-order valence-corrected chi connectivity index (χ1v) is 8.84. The molecule has 3 rings (SSSR count). The summed E-state index contributed by atoms with van der Waals surface area (Å²) in [5.41, 5.74) is 1.12. The average molecular weight is 415 g/mol. The summed E-state index contributed by atoms with van der Waals surface area (Å²) in [7, 11) is 0. The maximum absolute atomic E-state index is 5.67. The molecule has 0 bridgehead atoms. The molecule has 0 unspecified atom stereocenters. The van der Waals surface area contributed by atoms with Crippen LogP contribution in [0.25, 0.3) is 11.6 Å². The number of nitrogens with one attached hydrogen (secondary N) is 1. The Morgan fingerprint density at radius 3 is 2.62 bits per heavy atom. The zero-order valence-corrected chi connectivity index (χ0v) is 15.0. The van der Waals surface area contributed by atoms with E-state index in [0.29, 0.717) is 22.2 Å². The first-order valence-electron chi connectivity index (χ1n) is 7.25. The summed E-state index contributed by atoms with van der Waals surface area (Å²) in [4.78, 5) is 9.30. The summed E-state index contributed by atoms with van der Waals surface area (Å²) in [6, 6.07) is 3.98. The van der Waals surface area contributed by atoms with Crippen LogP contribution in [0.2, 0.25) is 0 Å². The molecular weight excluding hydrogens is 398 g/mol. The van der Waals surface area contributed by atoms with Crippen LogP contribution >= 0.6 is 31.9 Å². The molecule has 0 atom stereocenters. The van der Waals surface area contributed by atoms with Crippen molar-refractivity contribution in [1.29, 1.82) is 0 Å². The highest BCUT2D eigenvalue weighted by atomic mass is 79.9. The van der Waals surface area contributed by atoms with Crippen LogP contribution in [0.1, 0.15) is 44.2 Å². The maximum atomic E-state index is 5.67. The second kappa shape index (κ2) is 6.48. The maximum Gasteiger partial charge on any atom is 0.197 e. The van der Waals surface area contributed by atoms with Gasteiger partial charge in [-0.05, 0) is 51.6 Å². The monoisotopic (exact) mass is 413 g/mol. The van der Waals surface area contributed by atoms with Crippen molar-refractivity contribution in [2.75, 3.05) is 11.9 Å². The van der Waals surface area contributed by atoms with Crippen LogP contribution in [0.15, 0.2) is 25.7 Å². The molecule has 1 aliphatic rings. The molecule has 0 aliphatic heterocycles. The van der Waals surface area contributed by atoms with Gasteiger partial charge in [0.2, 0.25) is 0 Å². The van der Waals surface area contributed by atoms with Gasteiger partial charge in [0, 0.05) is 30.3 Å². The van der Waals surface area contributed by atoms with E-state index in [1.165, 1.54) is 25.7 Å². The molecule has 1 aliphatic carbocycles. The van der Waals surface area contributed by atoms with Crippen molar-refractivity contribution >= 4 is 37.7 Å². The molecule has 6 heteroatoms. The Balaban J connectivity index is 2.01. The van der Waals surface area contributed by atoms with Gasteiger partial charge >= 0.3 is 0 Å². The highest BCUT2D eigenvalue weighted by molar-refractivity contribution is 9.13. The minimum atomic E-state index is 0.547. The molecular formula is C15H17Br2N3O. The fraction of sp³-hybridized carbons (Fsp3) is 0.467. The number of aromatic nitrogens is 2. The normalized spacial score (nSPS) is 15.6. The van der Waals surface area contributed by atoms with Crippen molar-refractivity contribution < 1.29 is 4.42 Å². The van der Waals surface area contributed by atoms with Crippen LogP contribution in [0.3, 0.4) is 0 Å². The number of halogens is 2. The first-order chi connectivity index (χ1) is 10.2. The average Bonchev–Trinajstić information content (AvgIpc) is 3.10. The predicted molar refractivity (Wildman–Crippen MR) is 90.5 cm³/mol. The number of anilines is 1. The van der Waals surface area contributed by atoms with Crippen molar-refractivity contribution in [2.24, 2.45) is 0 Å². The highest BCUT2D eigenvalue weighted by Gasteiger charge is 2.21. The smallest absolute Gasteiger partial charge is 0.197 e. The van der Waals surface area contributed by atoms with E-state index in [4.69, 9.17) is 9.40 Å². The molecule has 2 heterocycles. The van der Waals surface area contributed by atoms with Gasteiger partial charge in [-0.25, -0.2) is 9.97 Å². The van der Waals surface area contributed by atoms with E-state index in [1.807, 2.05) is 6.07 Å². The van der Waals surface area contributed by atoms with Gasteiger partial charge in [0.25, 0.3) is 0 Å².